The van der Waals surface area contributed by atoms with Crippen LogP contribution in [0.2, 0.25) is 0 Å². The smallest absolute Gasteiger partial charge is 0.339 e. The minimum atomic E-state index is -0.546. The van der Waals surface area contributed by atoms with Crippen LogP contribution in [0, 0.1) is 0 Å². The predicted octanol–water partition coefficient (Wildman–Crippen LogP) is 2.87. The van der Waals surface area contributed by atoms with Crippen molar-refractivity contribution in [2.75, 3.05) is 18.2 Å². The van der Waals surface area contributed by atoms with Crippen molar-refractivity contribution in [3.8, 4) is 5.75 Å². The van der Waals surface area contributed by atoms with Gasteiger partial charge in [0.1, 0.15) is 12.4 Å². The number of ether oxygens (including phenoxy) is 2. The number of H-pyrrole nitrogens is 1. The van der Waals surface area contributed by atoms with E-state index in [0.717, 1.165) is 11.8 Å². The summed E-state index contributed by atoms with van der Waals surface area (Å²) in [6.07, 6.45) is 0. The SMILES string of the molecule is COC(=O)c1ccccc1NC(=O)CSc1nc(COc2ccccc2)cc(=O)[nH]1. The van der Waals surface area contributed by atoms with Crippen LogP contribution in [0.15, 0.2) is 70.6 Å². The minimum Gasteiger partial charge on any atom is -0.487 e. The molecule has 3 aromatic rings. The van der Waals surface area contributed by atoms with Crippen LogP contribution in [-0.4, -0.2) is 34.7 Å². The number of hydrogen-bond donors (Lipinski definition) is 2. The van der Waals surface area contributed by atoms with Gasteiger partial charge in [-0.1, -0.05) is 42.1 Å². The average Bonchev–Trinajstić information content (AvgIpc) is 2.76. The molecule has 0 atom stereocenters. The molecule has 9 heteroatoms. The number of carbonyl (C=O) groups excluding carboxylic acids is 2. The fraction of sp³-hybridized carbons (Fsp3) is 0.143. The van der Waals surface area contributed by atoms with Crippen LogP contribution < -0.4 is 15.6 Å². The van der Waals surface area contributed by atoms with Gasteiger partial charge >= 0.3 is 5.97 Å². The van der Waals surface area contributed by atoms with Gasteiger partial charge in [-0.3, -0.25) is 9.59 Å². The third kappa shape index (κ3) is 5.95. The van der Waals surface area contributed by atoms with Crippen molar-refractivity contribution >= 4 is 29.3 Å². The van der Waals surface area contributed by atoms with Crippen molar-refractivity contribution in [1.29, 1.82) is 0 Å². The molecule has 154 valence electrons. The van der Waals surface area contributed by atoms with Gasteiger partial charge < -0.3 is 19.8 Å². The maximum atomic E-state index is 12.3. The Morgan fingerprint density at radius 1 is 1.10 bits per heavy atom. The van der Waals surface area contributed by atoms with Crippen molar-refractivity contribution in [3.05, 3.63) is 82.3 Å². The van der Waals surface area contributed by atoms with Gasteiger partial charge in [-0.2, -0.15) is 0 Å². The number of benzene rings is 2. The number of carbonyl (C=O) groups is 2. The summed E-state index contributed by atoms with van der Waals surface area (Å²) in [6, 6.07) is 17.1. The number of esters is 1. The van der Waals surface area contributed by atoms with E-state index in [-0.39, 0.29) is 29.4 Å². The van der Waals surface area contributed by atoms with Crippen LogP contribution in [0.3, 0.4) is 0 Å². The fourth-order valence-electron chi connectivity index (χ4n) is 2.50. The van der Waals surface area contributed by atoms with Crippen molar-refractivity contribution in [3.63, 3.8) is 0 Å². The van der Waals surface area contributed by atoms with Crippen molar-refractivity contribution in [1.82, 2.24) is 9.97 Å². The van der Waals surface area contributed by atoms with E-state index in [4.69, 9.17) is 9.47 Å². The van der Waals surface area contributed by atoms with Crippen molar-refractivity contribution in [2.24, 2.45) is 0 Å². The van der Waals surface area contributed by atoms with Gasteiger partial charge in [0, 0.05) is 6.07 Å². The highest BCUT2D eigenvalue weighted by Gasteiger charge is 2.14. The molecule has 0 aliphatic rings. The number of aromatic nitrogens is 2. The van der Waals surface area contributed by atoms with E-state index in [9.17, 15) is 14.4 Å². The lowest BCUT2D eigenvalue weighted by atomic mass is 10.2. The summed E-state index contributed by atoms with van der Waals surface area (Å²) in [7, 11) is 1.27. The first-order valence-corrected chi connectivity index (χ1v) is 9.92. The molecule has 0 saturated carbocycles. The largest absolute Gasteiger partial charge is 0.487 e. The molecule has 0 saturated heterocycles. The Morgan fingerprint density at radius 2 is 1.83 bits per heavy atom. The summed E-state index contributed by atoms with van der Waals surface area (Å²) in [5, 5.41) is 2.96. The molecule has 8 nitrogen and oxygen atoms in total. The maximum absolute atomic E-state index is 12.3. The van der Waals surface area contributed by atoms with E-state index in [1.54, 1.807) is 36.4 Å². The molecule has 0 unspecified atom stereocenters. The molecule has 1 heterocycles. The molecule has 0 aliphatic heterocycles. The molecule has 1 amide bonds. The Hall–Kier alpha value is -3.59. The highest BCUT2D eigenvalue weighted by molar-refractivity contribution is 7.99. The number of nitrogens with one attached hydrogen (secondary N) is 2. The Labute approximate surface area is 176 Å². The van der Waals surface area contributed by atoms with Crippen LogP contribution in [0.25, 0.3) is 0 Å². The first-order valence-electron chi connectivity index (χ1n) is 8.93. The summed E-state index contributed by atoms with van der Waals surface area (Å²) in [6.45, 7) is 0.125. The summed E-state index contributed by atoms with van der Waals surface area (Å²) in [4.78, 5) is 42.9. The first kappa shape index (κ1) is 21.1. The second kappa shape index (κ2) is 10.3. The highest BCUT2D eigenvalue weighted by Crippen LogP contribution is 2.18. The molecular formula is C21H19N3O5S. The van der Waals surface area contributed by atoms with E-state index in [1.807, 2.05) is 18.2 Å². The monoisotopic (exact) mass is 425 g/mol. The minimum absolute atomic E-state index is 0.0125. The Kier molecular flexibility index (Phi) is 7.23. The Balaban J connectivity index is 1.60. The molecule has 2 aromatic carbocycles. The number of aromatic amines is 1. The van der Waals surface area contributed by atoms with E-state index >= 15 is 0 Å². The normalized spacial score (nSPS) is 10.3. The third-order valence-electron chi connectivity index (χ3n) is 3.85. The van der Waals surface area contributed by atoms with Gasteiger partial charge in [-0.15, -0.1) is 0 Å². The molecule has 0 aliphatic carbocycles. The standard InChI is InChI=1S/C21H19N3O5S/c1-28-20(27)16-9-5-6-10-17(16)23-19(26)13-30-21-22-14(11-18(25)24-21)12-29-15-7-3-2-4-8-15/h2-11H,12-13H2,1H3,(H,23,26)(H,22,24,25). The summed E-state index contributed by atoms with van der Waals surface area (Å²) < 4.78 is 10.3. The van der Waals surface area contributed by atoms with Gasteiger partial charge in [0.05, 0.1) is 29.8 Å². The fourth-order valence-corrected chi connectivity index (χ4v) is 3.19. The number of nitrogens with zero attached hydrogens (tertiary/aromatic N) is 1. The van der Waals surface area contributed by atoms with E-state index < -0.39 is 5.97 Å². The zero-order chi connectivity index (χ0) is 21.3. The quantitative estimate of drug-likeness (QED) is 0.324. The zero-order valence-corrected chi connectivity index (χ0v) is 16.9. The number of amides is 1. The third-order valence-corrected chi connectivity index (χ3v) is 4.72. The van der Waals surface area contributed by atoms with Crippen LogP contribution in [-0.2, 0) is 16.1 Å². The summed E-state index contributed by atoms with van der Waals surface area (Å²) in [5.41, 5.74) is 0.712. The number of methoxy groups -OCH3 is 1. The number of rotatable bonds is 8. The number of hydrogen-bond acceptors (Lipinski definition) is 7. The lowest BCUT2D eigenvalue weighted by Crippen LogP contribution is -2.18. The van der Waals surface area contributed by atoms with Gasteiger partial charge in [-0.25, -0.2) is 9.78 Å². The van der Waals surface area contributed by atoms with E-state index in [0.29, 0.717) is 22.3 Å². The molecular weight excluding hydrogens is 406 g/mol. The first-order chi connectivity index (χ1) is 14.5. The highest BCUT2D eigenvalue weighted by atomic mass is 32.2. The zero-order valence-electron chi connectivity index (χ0n) is 16.1. The molecule has 1 aromatic heterocycles. The van der Waals surface area contributed by atoms with Crippen molar-refractivity contribution in [2.45, 2.75) is 11.8 Å². The molecule has 0 bridgehead atoms. The Bertz CT molecular complexity index is 1090. The van der Waals surface area contributed by atoms with Gasteiger partial charge in [-0.05, 0) is 24.3 Å². The second-order valence-electron chi connectivity index (χ2n) is 6.02. The summed E-state index contributed by atoms with van der Waals surface area (Å²) in [5.74, 6) is -0.250. The molecule has 0 spiro atoms. The van der Waals surface area contributed by atoms with Crippen LogP contribution in [0.4, 0.5) is 5.69 Å². The van der Waals surface area contributed by atoms with Crippen LogP contribution in [0.5, 0.6) is 5.75 Å². The average molecular weight is 425 g/mol. The lowest BCUT2D eigenvalue weighted by Gasteiger charge is -2.09. The van der Waals surface area contributed by atoms with Gasteiger partial charge in [0.15, 0.2) is 5.16 Å². The molecule has 0 radical (unpaired) electrons. The van der Waals surface area contributed by atoms with E-state index in [2.05, 4.69) is 15.3 Å². The second-order valence-corrected chi connectivity index (χ2v) is 6.98. The van der Waals surface area contributed by atoms with Gasteiger partial charge in [0.25, 0.3) is 5.56 Å². The number of para-hydroxylation sites is 2. The summed E-state index contributed by atoms with van der Waals surface area (Å²) >= 11 is 1.07. The predicted molar refractivity (Wildman–Crippen MR) is 113 cm³/mol. The van der Waals surface area contributed by atoms with Gasteiger partial charge in [0.2, 0.25) is 5.91 Å². The van der Waals surface area contributed by atoms with Crippen LogP contribution in [0.1, 0.15) is 16.1 Å². The van der Waals surface area contributed by atoms with E-state index in [1.165, 1.54) is 13.2 Å². The molecule has 0 fully saturated rings. The van der Waals surface area contributed by atoms with Crippen LogP contribution >= 0.6 is 11.8 Å². The number of thioether (sulfide) groups is 1. The maximum Gasteiger partial charge on any atom is 0.339 e. The topological polar surface area (TPSA) is 110 Å². The molecule has 2 N–H and O–H groups in total. The molecule has 3 rings (SSSR count). The van der Waals surface area contributed by atoms with Crippen molar-refractivity contribution < 1.29 is 19.1 Å². The lowest BCUT2D eigenvalue weighted by molar-refractivity contribution is -0.113. The molecule has 30 heavy (non-hydrogen) atoms. The number of anilines is 1. The Morgan fingerprint density at radius 3 is 2.60 bits per heavy atom.